The monoisotopic (exact) mass is 382 g/mol. The molecule has 0 amide bonds. The molecule has 1 aliphatic carbocycles. The lowest BCUT2D eigenvalue weighted by atomic mass is 9.76. The highest BCUT2D eigenvalue weighted by atomic mass is 16.4. The van der Waals surface area contributed by atoms with Crippen LogP contribution in [0.3, 0.4) is 0 Å². The molecular weight excluding hydrogens is 356 g/mol. The zero-order valence-corrected chi connectivity index (χ0v) is 17.1. The van der Waals surface area contributed by atoms with Crippen LogP contribution in [0, 0.1) is 5.41 Å². The van der Waals surface area contributed by atoms with Crippen molar-refractivity contribution in [3.8, 4) is 0 Å². The van der Waals surface area contributed by atoms with Gasteiger partial charge in [0.2, 0.25) is 0 Å². The second-order valence-electron chi connectivity index (χ2n) is 8.62. The molecular formula is C27H26O2. The topological polar surface area (TPSA) is 37.3 Å². The van der Waals surface area contributed by atoms with Gasteiger partial charge in [0.05, 0.1) is 5.56 Å². The Labute approximate surface area is 172 Å². The molecule has 1 unspecified atom stereocenters. The number of hydrogen-bond donors (Lipinski definition) is 1. The minimum absolute atomic E-state index is 0.130. The van der Waals surface area contributed by atoms with Crippen LogP contribution in [0.25, 0.3) is 16.3 Å². The van der Waals surface area contributed by atoms with E-state index in [1.165, 1.54) is 27.5 Å². The fourth-order valence-electron chi connectivity index (χ4n) is 4.31. The number of aromatic carboxylic acids is 1. The van der Waals surface area contributed by atoms with Gasteiger partial charge in [-0.1, -0.05) is 87.5 Å². The Hall–Kier alpha value is -3.13. The van der Waals surface area contributed by atoms with E-state index in [1.54, 1.807) is 12.1 Å². The summed E-state index contributed by atoms with van der Waals surface area (Å²) in [7, 11) is 0. The second-order valence-corrected chi connectivity index (χ2v) is 8.62. The van der Waals surface area contributed by atoms with E-state index in [-0.39, 0.29) is 11.3 Å². The molecule has 0 aromatic heterocycles. The van der Waals surface area contributed by atoms with Crippen LogP contribution in [0.1, 0.15) is 60.2 Å². The highest BCUT2D eigenvalue weighted by Gasteiger charge is 2.24. The van der Waals surface area contributed by atoms with Crippen LogP contribution >= 0.6 is 0 Å². The van der Waals surface area contributed by atoms with Gasteiger partial charge in [-0.25, -0.2) is 4.79 Å². The standard InChI is InChI=1S/C27H26O2/c1-18(19-10-12-21(13-11-19)26(28)29)23-15-14-20-7-4-5-9-24(20)25(23)22-8-6-16-27(2,3)17-22/h4-16,18H,17H2,1-3H3,(H,28,29). The van der Waals surface area contributed by atoms with Crippen molar-refractivity contribution in [3.05, 3.63) is 101 Å². The minimum Gasteiger partial charge on any atom is -0.478 e. The van der Waals surface area contributed by atoms with E-state index in [0.717, 1.165) is 12.0 Å². The molecule has 1 aliphatic rings. The van der Waals surface area contributed by atoms with Gasteiger partial charge in [-0.05, 0) is 57.0 Å². The van der Waals surface area contributed by atoms with E-state index in [9.17, 15) is 9.90 Å². The average Bonchev–Trinajstić information content (AvgIpc) is 2.71. The molecule has 0 aliphatic heterocycles. The summed E-state index contributed by atoms with van der Waals surface area (Å²) in [6.07, 6.45) is 7.69. The minimum atomic E-state index is -0.892. The lowest BCUT2D eigenvalue weighted by molar-refractivity contribution is 0.0697. The quantitative estimate of drug-likeness (QED) is 0.524. The molecule has 0 radical (unpaired) electrons. The number of fused-ring (bicyclic) bond motifs is 1. The van der Waals surface area contributed by atoms with Crippen molar-refractivity contribution < 1.29 is 9.90 Å². The van der Waals surface area contributed by atoms with Crippen molar-refractivity contribution in [1.29, 1.82) is 0 Å². The van der Waals surface area contributed by atoms with E-state index in [1.807, 2.05) is 12.1 Å². The molecule has 0 saturated carbocycles. The smallest absolute Gasteiger partial charge is 0.335 e. The number of carbonyl (C=O) groups is 1. The number of rotatable bonds is 4. The second kappa shape index (κ2) is 7.36. The van der Waals surface area contributed by atoms with Crippen molar-refractivity contribution in [2.24, 2.45) is 5.41 Å². The molecule has 4 rings (SSSR count). The summed E-state index contributed by atoms with van der Waals surface area (Å²) in [4.78, 5) is 11.2. The molecule has 1 atom stereocenters. The van der Waals surface area contributed by atoms with Gasteiger partial charge in [-0.15, -0.1) is 0 Å². The van der Waals surface area contributed by atoms with Gasteiger partial charge < -0.3 is 5.11 Å². The zero-order valence-electron chi connectivity index (χ0n) is 17.1. The predicted molar refractivity (Wildman–Crippen MR) is 120 cm³/mol. The maximum Gasteiger partial charge on any atom is 0.335 e. The van der Waals surface area contributed by atoms with Crippen LogP contribution in [0.4, 0.5) is 0 Å². The molecule has 0 bridgehead atoms. The Morgan fingerprint density at radius 2 is 1.72 bits per heavy atom. The van der Waals surface area contributed by atoms with Gasteiger partial charge in [0, 0.05) is 5.92 Å². The van der Waals surface area contributed by atoms with Crippen LogP contribution < -0.4 is 0 Å². The van der Waals surface area contributed by atoms with Crippen LogP contribution in [-0.2, 0) is 0 Å². The maximum absolute atomic E-state index is 11.2. The number of hydrogen-bond acceptors (Lipinski definition) is 1. The Kier molecular flexibility index (Phi) is 4.87. The lowest BCUT2D eigenvalue weighted by Crippen LogP contribution is -2.12. The largest absolute Gasteiger partial charge is 0.478 e. The summed E-state index contributed by atoms with van der Waals surface area (Å²) < 4.78 is 0. The first-order chi connectivity index (χ1) is 13.9. The molecule has 0 fully saturated rings. The summed E-state index contributed by atoms with van der Waals surface area (Å²) in [5.41, 5.74) is 5.53. The van der Waals surface area contributed by atoms with Crippen molar-refractivity contribution >= 4 is 22.3 Å². The van der Waals surface area contributed by atoms with Crippen LogP contribution in [0.5, 0.6) is 0 Å². The fourth-order valence-corrected chi connectivity index (χ4v) is 4.31. The Morgan fingerprint density at radius 1 is 1.00 bits per heavy atom. The number of benzene rings is 3. The van der Waals surface area contributed by atoms with Crippen molar-refractivity contribution in [2.75, 3.05) is 0 Å². The first-order valence-corrected chi connectivity index (χ1v) is 10.1. The van der Waals surface area contributed by atoms with E-state index < -0.39 is 5.97 Å². The predicted octanol–water partition coefficient (Wildman–Crippen LogP) is 7.06. The summed E-state index contributed by atoms with van der Waals surface area (Å²) in [6.45, 7) is 6.75. The summed E-state index contributed by atoms with van der Waals surface area (Å²) in [5, 5.41) is 11.7. The Balaban J connectivity index is 1.87. The van der Waals surface area contributed by atoms with E-state index in [4.69, 9.17) is 0 Å². The third-order valence-electron chi connectivity index (χ3n) is 5.90. The molecule has 2 nitrogen and oxygen atoms in total. The highest BCUT2D eigenvalue weighted by Crippen LogP contribution is 2.42. The van der Waals surface area contributed by atoms with Crippen molar-refractivity contribution in [1.82, 2.24) is 0 Å². The van der Waals surface area contributed by atoms with Crippen molar-refractivity contribution in [3.63, 3.8) is 0 Å². The Morgan fingerprint density at radius 3 is 2.41 bits per heavy atom. The molecule has 3 aromatic carbocycles. The third-order valence-corrected chi connectivity index (χ3v) is 5.90. The van der Waals surface area contributed by atoms with Crippen LogP contribution in [0.15, 0.2) is 78.9 Å². The fraction of sp³-hybridized carbons (Fsp3) is 0.222. The molecule has 1 N–H and O–H groups in total. The van der Waals surface area contributed by atoms with E-state index in [2.05, 4.69) is 75.4 Å². The molecule has 0 spiro atoms. The average molecular weight is 383 g/mol. The molecule has 146 valence electrons. The molecule has 0 saturated heterocycles. The van der Waals surface area contributed by atoms with E-state index >= 15 is 0 Å². The van der Waals surface area contributed by atoms with E-state index in [0.29, 0.717) is 5.56 Å². The van der Waals surface area contributed by atoms with Gasteiger partial charge in [-0.3, -0.25) is 0 Å². The van der Waals surface area contributed by atoms with Gasteiger partial charge in [0.15, 0.2) is 0 Å². The summed E-state index contributed by atoms with van der Waals surface area (Å²) >= 11 is 0. The molecule has 2 heteroatoms. The van der Waals surface area contributed by atoms with Gasteiger partial charge in [0.25, 0.3) is 0 Å². The molecule has 29 heavy (non-hydrogen) atoms. The third kappa shape index (κ3) is 3.75. The number of allylic oxidation sites excluding steroid dienone is 4. The highest BCUT2D eigenvalue weighted by molar-refractivity contribution is 5.96. The first kappa shape index (κ1) is 19.2. The molecule has 3 aromatic rings. The number of carboxylic acids is 1. The Bertz CT molecular complexity index is 1130. The molecule has 0 heterocycles. The van der Waals surface area contributed by atoms with Gasteiger partial charge >= 0.3 is 5.97 Å². The summed E-state index contributed by atoms with van der Waals surface area (Å²) in [6, 6.07) is 20.3. The lowest BCUT2D eigenvalue weighted by Gasteiger charge is -2.28. The maximum atomic E-state index is 11.2. The van der Waals surface area contributed by atoms with Crippen LogP contribution in [-0.4, -0.2) is 11.1 Å². The van der Waals surface area contributed by atoms with Gasteiger partial charge in [-0.2, -0.15) is 0 Å². The van der Waals surface area contributed by atoms with Crippen molar-refractivity contribution in [2.45, 2.75) is 33.1 Å². The summed E-state index contributed by atoms with van der Waals surface area (Å²) in [5.74, 6) is -0.732. The first-order valence-electron chi connectivity index (χ1n) is 10.1. The normalized spacial score (nSPS) is 16.4. The SMILES string of the molecule is CC(c1ccc(C(=O)O)cc1)c1ccc2ccccc2c1C1=CC=CC(C)(C)C1. The zero-order chi connectivity index (χ0) is 20.6. The van der Waals surface area contributed by atoms with Gasteiger partial charge in [0.1, 0.15) is 0 Å². The number of carboxylic acid groups (broad SMARTS) is 1. The van der Waals surface area contributed by atoms with Crippen LogP contribution in [0.2, 0.25) is 0 Å².